The van der Waals surface area contributed by atoms with E-state index in [1.807, 2.05) is 17.2 Å². The molecule has 0 saturated carbocycles. The number of amides is 1. The number of piperazine rings is 1. The number of primary sulfonamides is 1. The molecule has 0 spiro atoms. The number of rotatable bonds is 4. The van der Waals surface area contributed by atoms with Gasteiger partial charge in [0.2, 0.25) is 10.0 Å². The molecule has 2 atom stereocenters. The van der Waals surface area contributed by atoms with Crippen molar-refractivity contribution in [1.82, 2.24) is 19.9 Å². The molecule has 2 aliphatic heterocycles. The van der Waals surface area contributed by atoms with E-state index in [1.54, 1.807) is 6.33 Å². The summed E-state index contributed by atoms with van der Waals surface area (Å²) in [5.41, 5.74) is 1.12. The van der Waals surface area contributed by atoms with E-state index in [2.05, 4.69) is 19.9 Å². The van der Waals surface area contributed by atoms with Gasteiger partial charge in [-0.2, -0.15) is 0 Å². The van der Waals surface area contributed by atoms with E-state index in [4.69, 9.17) is 9.88 Å². The lowest BCUT2D eigenvalue weighted by Gasteiger charge is -2.41. The Labute approximate surface area is 179 Å². The number of aromatic amines is 1. The highest BCUT2D eigenvalue weighted by atomic mass is 32.2. The third-order valence-corrected chi connectivity index (χ3v) is 6.99. The highest BCUT2D eigenvalue weighted by Crippen LogP contribution is 2.36. The van der Waals surface area contributed by atoms with Crippen molar-refractivity contribution < 1.29 is 17.9 Å². The van der Waals surface area contributed by atoms with E-state index in [0.29, 0.717) is 18.7 Å². The first kappa shape index (κ1) is 19.8. The molecule has 2 unspecified atom stereocenters. The Hall–Kier alpha value is -3.18. The molecule has 5 rings (SSSR count). The maximum atomic E-state index is 13.4. The van der Waals surface area contributed by atoms with Gasteiger partial charge in [0.15, 0.2) is 0 Å². The SMILES string of the molecule is COc1cc(S(N)(=O)=O)ccc1C(=O)N1C2CCC1CN(c1ncnc3[nH]ccc13)C2. The van der Waals surface area contributed by atoms with E-state index in [1.165, 1.54) is 25.3 Å². The van der Waals surface area contributed by atoms with Gasteiger partial charge < -0.3 is 19.5 Å². The van der Waals surface area contributed by atoms with Crippen molar-refractivity contribution in [3.63, 3.8) is 0 Å². The molecule has 162 valence electrons. The zero-order valence-corrected chi connectivity index (χ0v) is 17.7. The van der Waals surface area contributed by atoms with Gasteiger partial charge in [-0.05, 0) is 31.0 Å². The molecule has 0 radical (unpaired) electrons. The largest absolute Gasteiger partial charge is 0.496 e. The van der Waals surface area contributed by atoms with Crippen molar-refractivity contribution in [3.05, 3.63) is 42.4 Å². The van der Waals surface area contributed by atoms with Crippen LogP contribution < -0.4 is 14.8 Å². The van der Waals surface area contributed by atoms with Gasteiger partial charge >= 0.3 is 0 Å². The maximum absolute atomic E-state index is 13.4. The molecule has 2 aliphatic rings. The molecule has 11 heteroatoms. The summed E-state index contributed by atoms with van der Waals surface area (Å²) in [6.45, 7) is 1.33. The predicted octanol–water partition coefficient (Wildman–Crippen LogP) is 1.11. The van der Waals surface area contributed by atoms with Crippen LogP contribution in [-0.4, -0.2) is 66.5 Å². The number of aromatic nitrogens is 3. The number of carbonyl (C=O) groups excluding carboxylic acids is 1. The van der Waals surface area contributed by atoms with Gasteiger partial charge in [-0.15, -0.1) is 0 Å². The monoisotopic (exact) mass is 442 g/mol. The third kappa shape index (κ3) is 3.29. The molecule has 10 nitrogen and oxygen atoms in total. The van der Waals surface area contributed by atoms with Crippen LogP contribution in [0.1, 0.15) is 23.2 Å². The van der Waals surface area contributed by atoms with Gasteiger partial charge in [-0.3, -0.25) is 4.79 Å². The van der Waals surface area contributed by atoms with Crippen molar-refractivity contribution in [2.24, 2.45) is 5.14 Å². The number of fused-ring (bicyclic) bond motifs is 3. The second kappa shape index (κ2) is 7.20. The van der Waals surface area contributed by atoms with E-state index < -0.39 is 10.0 Å². The average molecular weight is 443 g/mol. The number of nitrogens with zero attached hydrogens (tertiary/aromatic N) is 4. The number of nitrogens with one attached hydrogen (secondary N) is 1. The van der Waals surface area contributed by atoms with E-state index in [9.17, 15) is 13.2 Å². The van der Waals surface area contributed by atoms with Crippen LogP contribution in [0.4, 0.5) is 5.82 Å². The lowest BCUT2D eigenvalue weighted by molar-refractivity contribution is 0.0637. The van der Waals surface area contributed by atoms with Crippen LogP contribution in [0.2, 0.25) is 0 Å². The van der Waals surface area contributed by atoms with Gasteiger partial charge in [0.05, 0.1) is 35.0 Å². The van der Waals surface area contributed by atoms with Gasteiger partial charge in [0.25, 0.3) is 5.91 Å². The fourth-order valence-electron chi connectivity index (χ4n) is 4.68. The average Bonchev–Trinajstić information content (AvgIpc) is 3.33. The zero-order valence-electron chi connectivity index (χ0n) is 16.9. The molecule has 1 amide bonds. The van der Waals surface area contributed by atoms with Crippen molar-refractivity contribution in [1.29, 1.82) is 0 Å². The highest BCUT2D eigenvalue weighted by Gasteiger charge is 2.44. The Bertz CT molecular complexity index is 1260. The molecule has 31 heavy (non-hydrogen) atoms. The minimum atomic E-state index is -3.89. The van der Waals surface area contributed by atoms with E-state index in [-0.39, 0.29) is 28.6 Å². The molecule has 3 aromatic rings. The molecule has 2 aromatic heterocycles. The molecule has 2 fully saturated rings. The number of anilines is 1. The summed E-state index contributed by atoms with van der Waals surface area (Å²) in [6.07, 6.45) is 5.18. The quantitative estimate of drug-likeness (QED) is 0.618. The first-order chi connectivity index (χ1) is 14.9. The van der Waals surface area contributed by atoms with Crippen LogP contribution in [0.15, 0.2) is 41.7 Å². The van der Waals surface area contributed by atoms with Gasteiger partial charge in [-0.1, -0.05) is 0 Å². The first-order valence-corrected chi connectivity index (χ1v) is 11.5. The van der Waals surface area contributed by atoms with Crippen LogP contribution in [0.3, 0.4) is 0 Å². The van der Waals surface area contributed by atoms with E-state index in [0.717, 1.165) is 29.7 Å². The van der Waals surface area contributed by atoms with Gasteiger partial charge in [0, 0.05) is 25.4 Å². The van der Waals surface area contributed by atoms with Crippen LogP contribution in [0, 0.1) is 0 Å². The van der Waals surface area contributed by atoms with Crippen LogP contribution in [0.5, 0.6) is 5.75 Å². The number of H-pyrrole nitrogens is 1. The Morgan fingerprint density at radius 3 is 2.61 bits per heavy atom. The summed E-state index contributed by atoms with van der Waals surface area (Å²) in [7, 11) is -2.48. The number of sulfonamides is 1. The number of benzene rings is 1. The number of ether oxygens (including phenoxy) is 1. The van der Waals surface area contributed by atoms with Crippen molar-refractivity contribution in [3.8, 4) is 5.75 Å². The number of methoxy groups -OCH3 is 1. The van der Waals surface area contributed by atoms with Crippen LogP contribution >= 0.6 is 0 Å². The van der Waals surface area contributed by atoms with Crippen molar-refractivity contribution in [2.45, 2.75) is 29.8 Å². The second-order valence-corrected chi connectivity index (χ2v) is 9.41. The Morgan fingerprint density at radius 1 is 1.19 bits per heavy atom. The molecule has 3 N–H and O–H groups in total. The van der Waals surface area contributed by atoms with E-state index >= 15 is 0 Å². The number of hydrogen-bond donors (Lipinski definition) is 2. The number of carbonyl (C=O) groups is 1. The molecular weight excluding hydrogens is 420 g/mol. The molecule has 2 bridgehead atoms. The molecule has 1 aromatic carbocycles. The summed E-state index contributed by atoms with van der Waals surface area (Å²) in [4.78, 5) is 29.3. The summed E-state index contributed by atoms with van der Waals surface area (Å²) < 4.78 is 28.6. The predicted molar refractivity (Wildman–Crippen MR) is 113 cm³/mol. The summed E-state index contributed by atoms with van der Waals surface area (Å²) >= 11 is 0. The number of nitrogens with two attached hydrogens (primary N) is 1. The minimum absolute atomic E-state index is 0.0258. The smallest absolute Gasteiger partial charge is 0.258 e. The molecule has 0 aliphatic carbocycles. The topological polar surface area (TPSA) is 135 Å². The third-order valence-electron chi connectivity index (χ3n) is 6.08. The van der Waals surface area contributed by atoms with Gasteiger partial charge in [-0.25, -0.2) is 23.5 Å². The lowest BCUT2D eigenvalue weighted by atomic mass is 10.1. The summed E-state index contributed by atoms with van der Waals surface area (Å²) in [6, 6.07) is 6.12. The molecule has 4 heterocycles. The fraction of sp³-hybridized carbons (Fsp3) is 0.350. The standard InChI is InChI=1S/C20H22N6O4S/c1-30-17-8-14(31(21,28)29)4-5-15(17)20(27)26-12-2-3-13(26)10-25(9-12)19-16-6-7-22-18(16)23-11-24-19/h4-8,11-13H,2-3,9-10H2,1H3,(H2,21,28,29)(H,22,23,24). The second-order valence-electron chi connectivity index (χ2n) is 7.85. The fourth-order valence-corrected chi connectivity index (χ4v) is 5.21. The summed E-state index contributed by atoms with van der Waals surface area (Å²) in [5, 5.41) is 6.17. The number of hydrogen-bond acceptors (Lipinski definition) is 7. The van der Waals surface area contributed by atoms with Crippen molar-refractivity contribution in [2.75, 3.05) is 25.1 Å². The van der Waals surface area contributed by atoms with Crippen LogP contribution in [0.25, 0.3) is 11.0 Å². The Morgan fingerprint density at radius 2 is 1.94 bits per heavy atom. The van der Waals surface area contributed by atoms with Crippen molar-refractivity contribution >= 4 is 32.8 Å². The normalized spacial score (nSPS) is 21.0. The molecule has 2 saturated heterocycles. The summed E-state index contributed by atoms with van der Waals surface area (Å²) in [5.74, 6) is 0.896. The maximum Gasteiger partial charge on any atom is 0.258 e. The first-order valence-electron chi connectivity index (χ1n) is 9.93. The zero-order chi connectivity index (χ0) is 21.8. The van der Waals surface area contributed by atoms with Crippen LogP contribution in [-0.2, 0) is 10.0 Å². The Balaban J connectivity index is 1.43. The highest BCUT2D eigenvalue weighted by molar-refractivity contribution is 7.89. The lowest BCUT2D eigenvalue weighted by Crippen LogP contribution is -2.56. The molecular formula is C20H22N6O4S. The minimum Gasteiger partial charge on any atom is -0.496 e. The van der Waals surface area contributed by atoms with Gasteiger partial charge in [0.1, 0.15) is 23.5 Å². The Kier molecular flexibility index (Phi) is 4.59.